The summed E-state index contributed by atoms with van der Waals surface area (Å²) in [7, 11) is 1.62. The van der Waals surface area contributed by atoms with Crippen LogP contribution in [0.3, 0.4) is 0 Å². The van der Waals surface area contributed by atoms with Crippen LogP contribution >= 0.6 is 0 Å². The number of methoxy groups -OCH3 is 1. The second kappa shape index (κ2) is 6.24. The van der Waals surface area contributed by atoms with Gasteiger partial charge in [-0.1, -0.05) is 12.1 Å². The lowest BCUT2D eigenvalue weighted by Gasteiger charge is -2.11. The maximum absolute atomic E-state index is 13.7. The van der Waals surface area contributed by atoms with Crippen molar-refractivity contribution in [2.75, 3.05) is 12.4 Å². The minimum absolute atomic E-state index is 0.299. The topological polar surface area (TPSA) is 62.8 Å². The molecule has 0 saturated heterocycles. The first-order chi connectivity index (χ1) is 12.2. The number of rotatable bonds is 4. The number of nitrogens with one attached hydrogen (secondary N) is 2. The number of anilines is 2. The molecule has 4 aromatic rings. The van der Waals surface area contributed by atoms with Crippen LogP contribution in [-0.2, 0) is 0 Å². The first kappa shape index (κ1) is 15.1. The molecule has 0 atom stereocenters. The molecule has 0 aliphatic heterocycles. The summed E-state index contributed by atoms with van der Waals surface area (Å²) in [5, 5.41) is 11.8. The summed E-state index contributed by atoms with van der Waals surface area (Å²) in [6.07, 6.45) is 1.72. The minimum atomic E-state index is -0.299. The van der Waals surface area contributed by atoms with Crippen LogP contribution in [0.2, 0.25) is 0 Å². The molecule has 2 heterocycles. The number of nitrogens with zero attached hydrogens (tertiary/aromatic N) is 2. The largest absolute Gasteiger partial charge is 0.497 e. The molecule has 2 N–H and O–H groups in total. The summed E-state index contributed by atoms with van der Waals surface area (Å²) < 4.78 is 19.0. The zero-order valence-corrected chi connectivity index (χ0v) is 13.5. The summed E-state index contributed by atoms with van der Waals surface area (Å²) in [5.41, 5.74) is 1.40. The van der Waals surface area contributed by atoms with Crippen LogP contribution in [0.5, 0.6) is 5.75 Å². The molecular formula is C19H15FN4O. The molecule has 4 rings (SSSR count). The zero-order chi connectivity index (χ0) is 17.2. The highest BCUT2D eigenvalue weighted by atomic mass is 19.1. The van der Waals surface area contributed by atoms with Crippen molar-refractivity contribution < 1.29 is 9.13 Å². The van der Waals surface area contributed by atoms with E-state index in [2.05, 4.69) is 20.5 Å². The average molecular weight is 334 g/mol. The number of fused-ring (bicyclic) bond motifs is 1. The molecule has 0 aliphatic rings. The molecule has 0 bridgehead atoms. The first-order valence-electron chi connectivity index (χ1n) is 7.74. The molecule has 5 nitrogen and oxygen atoms in total. The van der Waals surface area contributed by atoms with Crippen LogP contribution in [0.1, 0.15) is 0 Å². The average Bonchev–Trinajstić information content (AvgIpc) is 3.13. The summed E-state index contributed by atoms with van der Waals surface area (Å²) in [6.45, 7) is 0. The molecule has 0 aliphatic carbocycles. The van der Waals surface area contributed by atoms with E-state index in [1.165, 1.54) is 12.1 Å². The quantitative estimate of drug-likeness (QED) is 0.576. The van der Waals surface area contributed by atoms with E-state index in [1.54, 1.807) is 25.4 Å². The Hall–Kier alpha value is -3.41. The van der Waals surface area contributed by atoms with Gasteiger partial charge in [-0.3, -0.25) is 5.10 Å². The van der Waals surface area contributed by atoms with Gasteiger partial charge in [-0.25, -0.2) is 9.37 Å². The van der Waals surface area contributed by atoms with Gasteiger partial charge in [0.1, 0.15) is 17.4 Å². The molecule has 6 heteroatoms. The third kappa shape index (κ3) is 3.01. The van der Waals surface area contributed by atoms with E-state index in [0.29, 0.717) is 22.9 Å². The van der Waals surface area contributed by atoms with Crippen molar-refractivity contribution in [3.8, 4) is 17.0 Å². The Kier molecular flexibility index (Phi) is 3.78. The third-order valence-electron chi connectivity index (χ3n) is 3.89. The summed E-state index contributed by atoms with van der Waals surface area (Å²) in [5.74, 6) is 1.72. The van der Waals surface area contributed by atoms with Gasteiger partial charge in [0.25, 0.3) is 0 Å². The van der Waals surface area contributed by atoms with Crippen LogP contribution in [0, 0.1) is 5.82 Å². The van der Waals surface area contributed by atoms with E-state index in [0.717, 1.165) is 16.5 Å². The van der Waals surface area contributed by atoms with E-state index < -0.39 is 0 Å². The van der Waals surface area contributed by atoms with Crippen molar-refractivity contribution in [3.05, 3.63) is 66.6 Å². The number of aromatic amines is 1. The Labute approximate surface area is 143 Å². The Morgan fingerprint density at radius 2 is 1.96 bits per heavy atom. The highest BCUT2D eigenvalue weighted by Gasteiger charge is 2.11. The molecule has 2 aromatic carbocycles. The predicted molar refractivity (Wildman–Crippen MR) is 95.6 cm³/mol. The fraction of sp³-hybridized carbons (Fsp3) is 0.0526. The highest BCUT2D eigenvalue weighted by molar-refractivity contribution is 5.97. The van der Waals surface area contributed by atoms with Gasteiger partial charge in [0.2, 0.25) is 0 Å². The number of pyridine rings is 1. The lowest BCUT2D eigenvalue weighted by molar-refractivity contribution is 0.415. The molecular weight excluding hydrogens is 319 g/mol. The fourth-order valence-electron chi connectivity index (χ4n) is 2.74. The van der Waals surface area contributed by atoms with E-state index in [-0.39, 0.29) is 5.82 Å². The maximum atomic E-state index is 13.7. The Bertz CT molecular complexity index is 1030. The number of halogens is 1. The van der Waals surface area contributed by atoms with Crippen LogP contribution in [0.15, 0.2) is 60.8 Å². The molecule has 0 saturated carbocycles. The van der Waals surface area contributed by atoms with Crippen LogP contribution in [0.25, 0.3) is 22.0 Å². The van der Waals surface area contributed by atoms with Gasteiger partial charge in [0, 0.05) is 23.2 Å². The van der Waals surface area contributed by atoms with Crippen molar-refractivity contribution in [3.63, 3.8) is 0 Å². The van der Waals surface area contributed by atoms with Crippen LogP contribution in [0.4, 0.5) is 16.0 Å². The number of aromatic nitrogens is 3. The standard InChI is InChI=1S/C19H15FN4O/c1-25-15-5-6-16-13(10-15)11-18(22-17-7-8-21-24-17)23-19(16)12-3-2-4-14(20)9-12/h2-11H,1H3,(H2,21,22,23,24). The lowest BCUT2D eigenvalue weighted by atomic mass is 10.0. The number of hydrogen-bond donors (Lipinski definition) is 2. The first-order valence-corrected chi connectivity index (χ1v) is 7.74. The van der Waals surface area contributed by atoms with Gasteiger partial charge in [0.15, 0.2) is 5.82 Å². The number of benzene rings is 2. The zero-order valence-electron chi connectivity index (χ0n) is 13.5. The van der Waals surface area contributed by atoms with Gasteiger partial charge in [-0.05, 0) is 41.8 Å². The normalized spacial score (nSPS) is 10.8. The Morgan fingerprint density at radius 3 is 2.72 bits per heavy atom. The molecule has 25 heavy (non-hydrogen) atoms. The highest BCUT2D eigenvalue weighted by Crippen LogP contribution is 2.32. The van der Waals surface area contributed by atoms with E-state index >= 15 is 0 Å². The smallest absolute Gasteiger partial charge is 0.153 e. The van der Waals surface area contributed by atoms with Crippen LogP contribution in [-0.4, -0.2) is 22.3 Å². The molecule has 0 radical (unpaired) electrons. The monoisotopic (exact) mass is 334 g/mol. The van der Waals surface area contributed by atoms with Gasteiger partial charge < -0.3 is 10.1 Å². The number of H-pyrrole nitrogens is 1. The van der Waals surface area contributed by atoms with Gasteiger partial charge >= 0.3 is 0 Å². The molecule has 0 amide bonds. The Morgan fingerprint density at radius 1 is 1.04 bits per heavy atom. The SMILES string of the molecule is COc1ccc2c(-c3cccc(F)c3)nc(Nc3cc[nH]n3)cc2c1. The van der Waals surface area contributed by atoms with Gasteiger partial charge in [0.05, 0.1) is 12.8 Å². The van der Waals surface area contributed by atoms with Gasteiger partial charge in [-0.15, -0.1) is 0 Å². The lowest BCUT2D eigenvalue weighted by Crippen LogP contribution is -1.97. The second-order valence-electron chi connectivity index (χ2n) is 5.54. The van der Waals surface area contributed by atoms with Crippen molar-refractivity contribution >= 4 is 22.4 Å². The second-order valence-corrected chi connectivity index (χ2v) is 5.54. The Balaban J connectivity index is 1.92. The van der Waals surface area contributed by atoms with E-state index in [9.17, 15) is 4.39 Å². The third-order valence-corrected chi connectivity index (χ3v) is 3.89. The minimum Gasteiger partial charge on any atom is -0.497 e. The molecule has 2 aromatic heterocycles. The van der Waals surface area contributed by atoms with Crippen molar-refractivity contribution in [1.82, 2.24) is 15.2 Å². The summed E-state index contributed by atoms with van der Waals surface area (Å²) in [6, 6.07) is 15.9. The van der Waals surface area contributed by atoms with E-state index in [4.69, 9.17) is 4.74 Å². The summed E-state index contributed by atoms with van der Waals surface area (Å²) >= 11 is 0. The van der Waals surface area contributed by atoms with Gasteiger partial charge in [-0.2, -0.15) is 5.10 Å². The molecule has 124 valence electrons. The molecule has 0 unspecified atom stereocenters. The number of hydrogen-bond acceptors (Lipinski definition) is 4. The van der Waals surface area contributed by atoms with Crippen LogP contribution < -0.4 is 10.1 Å². The predicted octanol–water partition coefficient (Wildman–Crippen LogP) is 4.52. The number of ether oxygens (including phenoxy) is 1. The van der Waals surface area contributed by atoms with Crippen molar-refractivity contribution in [1.29, 1.82) is 0 Å². The van der Waals surface area contributed by atoms with E-state index in [1.807, 2.05) is 30.3 Å². The maximum Gasteiger partial charge on any atom is 0.153 e. The van der Waals surface area contributed by atoms with Crippen molar-refractivity contribution in [2.24, 2.45) is 0 Å². The summed E-state index contributed by atoms with van der Waals surface area (Å²) in [4.78, 5) is 4.67. The molecule has 0 fully saturated rings. The van der Waals surface area contributed by atoms with Crippen molar-refractivity contribution in [2.45, 2.75) is 0 Å². The molecule has 0 spiro atoms. The fourth-order valence-corrected chi connectivity index (χ4v) is 2.74.